The number of hydrogen-bond acceptors (Lipinski definition) is 9. The lowest BCUT2D eigenvalue weighted by Gasteiger charge is -2.05. The van der Waals surface area contributed by atoms with Crippen molar-refractivity contribution in [3.05, 3.63) is 80.0 Å². The second-order valence-corrected chi connectivity index (χ2v) is 7.58. The van der Waals surface area contributed by atoms with Crippen molar-refractivity contribution in [2.24, 2.45) is 0 Å². The Hall–Kier alpha value is -4.46. The summed E-state index contributed by atoms with van der Waals surface area (Å²) in [5.41, 5.74) is -0.0560. The quantitative estimate of drug-likeness (QED) is 0.294. The first-order chi connectivity index (χ1) is 15.6. The van der Waals surface area contributed by atoms with Crippen molar-refractivity contribution < 1.29 is 32.5 Å². The van der Waals surface area contributed by atoms with Crippen LogP contribution in [0.15, 0.2) is 48.7 Å². The van der Waals surface area contributed by atoms with Gasteiger partial charge in [0.2, 0.25) is 0 Å². The smallest absolute Gasteiger partial charge is 0.323 e. The van der Waals surface area contributed by atoms with Crippen LogP contribution in [0.3, 0.4) is 0 Å². The van der Waals surface area contributed by atoms with Crippen molar-refractivity contribution >= 4 is 39.6 Å². The lowest BCUT2D eigenvalue weighted by Crippen LogP contribution is -2.36. The summed E-state index contributed by atoms with van der Waals surface area (Å²) in [4.78, 5) is 32.7. The van der Waals surface area contributed by atoms with Gasteiger partial charge < -0.3 is 9.47 Å². The first-order valence-corrected chi connectivity index (χ1v) is 10.4. The molecule has 2 N–H and O–H groups in total. The first-order valence-electron chi connectivity index (χ1n) is 8.90. The molecule has 0 aliphatic rings. The van der Waals surface area contributed by atoms with Crippen molar-refractivity contribution in [3.63, 3.8) is 0 Å². The van der Waals surface area contributed by atoms with Crippen LogP contribution in [0.4, 0.5) is 11.4 Å². The fourth-order valence-corrected chi connectivity index (χ4v) is 3.13. The third-order valence-electron chi connectivity index (χ3n) is 3.96. The molecule has 0 unspecified atom stereocenters. The van der Waals surface area contributed by atoms with Gasteiger partial charge >= 0.3 is 21.6 Å². The van der Waals surface area contributed by atoms with Crippen LogP contribution in [0, 0.1) is 20.2 Å². The second-order valence-electron chi connectivity index (χ2n) is 6.13. The molecule has 0 atom stereocenters. The van der Waals surface area contributed by atoms with E-state index in [1.807, 2.05) is 4.72 Å². The number of amides is 1. The molecule has 14 heteroatoms. The summed E-state index contributed by atoms with van der Waals surface area (Å²) in [5.74, 6) is -0.948. The fourth-order valence-electron chi connectivity index (χ4n) is 2.49. The first kappa shape index (κ1) is 24.8. The van der Waals surface area contributed by atoms with Crippen LogP contribution in [0.25, 0.3) is 12.2 Å². The largest absolute Gasteiger partial charge is 0.490 e. The highest BCUT2D eigenvalue weighted by Crippen LogP contribution is 2.28. The van der Waals surface area contributed by atoms with Gasteiger partial charge in [0, 0.05) is 24.4 Å². The van der Waals surface area contributed by atoms with Gasteiger partial charge in [0.15, 0.2) is 11.5 Å². The highest BCUT2D eigenvalue weighted by atomic mass is 32.2. The van der Waals surface area contributed by atoms with Gasteiger partial charge in [0.25, 0.3) is 5.91 Å². The number of rotatable bonds is 10. The molecular formula is C19H18N4O9S. The van der Waals surface area contributed by atoms with Gasteiger partial charge in [-0.15, -0.1) is 0 Å². The lowest BCUT2D eigenvalue weighted by molar-refractivity contribution is -0.385. The molecule has 0 spiro atoms. The van der Waals surface area contributed by atoms with E-state index in [0.29, 0.717) is 5.56 Å². The number of benzene rings is 2. The van der Waals surface area contributed by atoms with Crippen molar-refractivity contribution in [3.8, 4) is 11.5 Å². The maximum absolute atomic E-state index is 12.0. The summed E-state index contributed by atoms with van der Waals surface area (Å²) in [6.45, 7) is 0. The number of nitro groups is 2. The Morgan fingerprint density at radius 1 is 0.909 bits per heavy atom. The van der Waals surface area contributed by atoms with Gasteiger partial charge in [0.1, 0.15) is 0 Å². The van der Waals surface area contributed by atoms with E-state index in [4.69, 9.17) is 9.47 Å². The maximum Gasteiger partial charge on any atom is 0.323 e. The summed E-state index contributed by atoms with van der Waals surface area (Å²) in [7, 11) is -1.75. The van der Waals surface area contributed by atoms with Crippen LogP contribution in [0.2, 0.25) is 0 Å². The molecule has 0 aliphatic carbocycles. The van der Waals surface area contributed by atoms with Crippen LogP contribution in [-0.4, -0.2) is 38.4 Å². The van der Waals surface area contributed by atoms with Gasteiger partial charge in [0.05, 0.1) is 24.1 Å². The molecule has 13 nitrogen and oxygen atoms in total. The van der Waals surface area contributed by atoms with E-state index in [1.165, 1.54) is 56.7 Å². The molecule has 174 valence electrons. The highest BCUT2D eigenvalue weighted by molar-refractivity contribution is 7.88. The van der Waals surface area contributed by atoms with Crippen LogP contribution in [0.5, 0.6) is 11.5 Å². The average Bonchev–Trinajstić information content (AvgIpc) is 2.76. The zero-order valence-electron chi connectivity index (χ0n) is 17.3. The molecule has 0 bridgehead atoms. The molecule has 0 aromatic heterocycles. The number of hydrogen-bond donors (Lipinski definition) is 2. The molecule has 0 fully saturated rings. The highest BCUT2D eigenvalue weighted by Gasteiger charge is 2.16. The van der Waals surface area contributed by atoms with E-state index in [2.05, 4.69) is 0 Å². The molecule has 33 heavy (non-hydrogen) atoms. The Balaban J connectivity index is 2.04. The minimum Gasteiger partial charge on any atom is -0.490 e. The average molecular weight is 478 g/mol. The molecule has 0 saturated carbocycles. The number of nitro benzene ring substituents is 2. The normalized spacial score (nSPS) is 11.3. The number of nitrogens with one attached hydrogen (secondary N) is 2. The molecule has 0 radical (unpaired) electrons. The van der Waals surface area contributed by atoms with Gasteiger partial charge in [-0.2, -0.15) is 8.42 Å². The van der Waals surface area contributed by atoms with Crippen LogP contribution in [0.1, 0.15) is 11.1 Å². The minimum absolute atomic E-state index is 0.0300. The van der Waals surface area contributed by atoms with Crippen LogP contribution in [-0.2, 0) is 15.0 Å². The summed E-state index contributed by atoms with van der Waals surface area (Å²) in [5, 5.41) is 22.1. The minimum atomic E-state index is -4.30. The third kappa shape index (κ3) is 7.03. The Labute approximate surface area is 187 Å². The molecule has 0 aliphatic heterocycles. The molecular weight excluding hydrogens is 460 g/mol. The van der Waals surface area contributed by atoms with Gasteiger partial charge in [-0.25, -0.2) is 4.72 Å². The number of carbonyl (C=O) groups excluding carboxylic acids is 1. The molecule has 0 saturated heterocycles. The monoisotopic (exact) mass is 478 g/mol. The zero-order chi connectivity index (χ0) is 24.6. The van der Waals surface area contributed by atoms with Crippen molar-refractivity contribution in [1.29, 1.82) is 0 Å². The number of ether oxygens (including phenoxy) is 2. The molecule has 2 aromatic carbocycles. The number of carbonyl (C=O) groups is 1. The lowest BCUT2D eigenvalue weighted by atomic mass is 10.1. The molecule has 2 aromatic rings. The fraction of sp³-hybridized carbons (Fsp3) is 0.105. The molecule has 1 amide bonds. The van der Waals surface area contributed by atoms with Gasteiger partial charge in [-0.3, -0.25) is 29.7 Å². The SMILES string of the molecule is COc1ccc(/C=C/NS(=O)(=O)NC(=O)/C=C/c2ccc(OC)c([N+](=O)[O-])c2)cc1[N+](=O)[O-]. The summed E-state index contributed by atoms with van der Waals surface area (Å²) in [6, 6.07) is 7.93. The zero-order valence-corrected chi connectivity index (χ0v) is 18.1. The number of nitrogens with zero attached hydrogens (tertiary/aromatic N) is 2. The predicted molar refractivity (Wildman–Crippen MR) is 118 cm³/mol. The topological polar surface area (TPSA) is 180 Å². The van der Waals surface area contributed by atoms with Gasteiger partial charge in [-0.1, -0.05) is 12.1 Å². The predicted octanol–water partition coefficient (Wildman–Crippen LogP) is 2.15. The molecule has 0 heterocycles. The second kappa shape index (κ2) is 10.7. The van der Waals surface area contributed by atoms with Crippen molar-refractivity contribution in [1.82, 2.24) is 9.44 Å². The summed E-state index contributed by atoms with van der Waals surface area (Å²) < 4.78 is 37.4. The van der Waals surface area contributed by atoms with E-state index in [-0.39, 0.29) is 28.4 Å². The van der Waals surface area contributed by atoms with E-state index in [1.54, 1.807) is 4.72 Å². The maximum atomic E-state index is 12.0. The summed E-state index contributed by atoms with van der Waals surface area (Å²) in [6.07, 6.45) is 4.27. The van der Waals surface area contributed by atoms with Crippen LogP contribution < -0.4 is 18.9 Å². The Kier molecular flexibility index (Phi) is 8.06. The third-order valence-corrected chi connectivity index (χ3v) is 4.88. The Morgan fingerprint density at radius 3 is 1.85 bits per heavy atom. The van der Waals surface area contributed by atoms with E-state index < -0.39 is 26.0 Å². The van der Waals surface area contributed by atoms with Crippen LogP contribution >= 0.6 is 0 Å². The Bertz CT molecular complexity index is 1240. The van der Waals surface area contributed by atoms with Crippen molar-refractivity contribution in [2.75, 3.05) is 14.2 Å². The van der Waals surface area contributed by atoms with E-state index in [9.17, 15) is 33.4 Å². The standard InChI is InChI=1S/C19H18N4O9S/c1-31-17-6-3-13(11-15(17)22(25)26)5-8-19(24)21-33(29,30)20-10-9-14-4-7-18(32-2)16(12-14)23(27)28/h3-12,20H,1-2H3,(H,21,24)/b8-5+,10-9+. The summed E-state index contributed by atoms with van der Waals surface area (Å²) >= 11 is 0. The number of methoxy groups -OCH3 is 2. The van der Waals surface area contributed by atoms with Crippen molar-refractivity contribution in [2.45, 2.75) is 0 Å². The van der Waals surface area contributed by atoms with Gasteiger partial charge in [-0.05, 0) is 35.4 Å². The van der Waals surface area contributed by atoms with E-state index in [0.717, 1.165) is 18.3 Å². The van der Waals surface area contributed by atoms with E-state index >= 15 is 0 Å². The molecule has 2 rings (SSSR count). The Morgan fingerprint density at radius 2 is 1.39 bits per heavy atom.